The number of hydrogen-bond donors (Lipinski definition) is 3. The molecule has 2 amide bonds. The number of nitrogens with zero attached hydrogens (tertiary/aromatic N) is 1. The number of hydrogen-bond acceptors (Lipinski definition) is 5. The fourth-order valence-corrected chi connectivity index (χ4v) is 5.47. The Hall–Kier alpha value is -2.55. The summed E-state index contributed by atoms with van der Waals surface area (Å²) in [7, 11) is 0. The Kier molecular flexibility index (Phi) is 5.38. The zero-order chi connectivity index (χ0) is 20.6. The lowest BCUT2D eigenvalue weighted by Crippen LogP contribution is -2.61. The fourth-order valence-electron chi connectivity index (χ4n) is 4.00. The molecule has 1 aliphatic heterocycles. The molecule has 1 fully saturated rings. The highest BCUT2D eigenvalue weighted by Crippen LogP contribution is 2.45. The molecule has 2 heterocycles. The van der Waals surface area contributed by atoms with Gasteiger partial charge >= 0.3 is 11.9 Å². The highest BCUT2D eigenvalue weighted by Gasteiger charge is 2.59. The normalized spacial score (nSPS) is 25.4. The van der Waals surface area contributed by atoms with E-state index in [4.69, 9.17) is 5.73 Å². The van der Waals surface area contributed by atoms with E-state index in [1.54, 1.807) is 6.07 Å². The van der Waals surface area contributed by atoms with Crippen molar-refractivity contribution >= 4 is 34.1 Å². The fraction of sp³-hybridized carbons (Fsp3) is 0.350. The number of carboxylic acids is 1. The van der Waals surface area contributed by atoms with Crippen LogP contribution in [0.15, 0.2) is 36.4 Å². The van der Waals surface area contributed by atoms with E-state index in [-0.39, 0.29) is 24.4 Å². The van der Waals surface area contributed by atoms with Crippen molar-refractivity contribution in [3.63, 3.8) is 0 Å². The van der Waals surface area contributed by atoms with Crippen molar-refractivity contribution in [3.8, 4) is 0 Å². The first kappa shape index (κ1) is 20.2. The number of carbonyl (C=O) groups is 3. The van der Waals surface area contributed by atoms with Crippen LogP contribution in [0.4, 0.5) is 5.00 Å². The van der Waals surface area contributed by atoms with Crippen molar-refractivity contribution in [1.82, 2.24) is 4.48 Å². The minimum absolute atomic E-state index is 0.0686. The molecule has 8 heteroatoms. The van der Waals surface area contributed by atoms with E-state index in [1.165, 1.54) is 18.3 Å². The van der Waals surface area contributed by atoms with E-state index in [1.807, 2.05) is 37.3 Å². The molecule has 1 aromatic heterocycles. The lowest BCUT2D eigenvalue weighted by atomic mass is 9.99. The highest BCUT2D eigenvalue weighted by atomic mass is 32.1. The summed E-state index contributed by atoms with van der Waals surface area (Å²) in [6.07, 6.45) is -1.03. The van der Waals surface area contributed by atoms with Crippen LogP contribution in [0.1, 0.15) is 47.0 Å². The first-order valence-electron chi connectivity index (χ1n) is 8.99. The second kappa shape index (κ2) is 7.46. The third-order valence-corrected chi connectivity index (χ3v) is 6.96. The van der Waals surface area contributed by atoms with Gasteiger partial charge in [-0.25, -0.2) is 14.1 Å². The molecular formula is C20H23N2O5S+. The van der Waals surface area contributed by atoms with Gasteiger partial charge in [-0.2, -0.15) is 0 Å². The molecule has 4 N–H and O–H groups in total. The van der Waals surface area contributed by atoms with Gasteiger partial charge in [0, 0.05) is 17.2 Å². The van der Waals surface area contributed by atoms with Crippen LogP contribution in [0.5, 0.6) is 0 Å². The molecule has 4 atom stereocenters. The molecule has 1 aromatic carbocycles. The Morgan fingerprint density at radius 2 is 1.89 bits per heavy atom. The van der Waals surface area contributed by atoms with Gasteiger partial charge in [-0.3, -0.25) is 4.79 Å². The first-order chi connectivity index (χ1) is 13.2. The Labute approximate surface area is 166 Å². The molecule has 3 rings (SSSR count). The number of aliphatic carboxylic acids is 1. The Balaban J connectivity index is 2.19. The SMILES string of the molecule is CC(=O)[N+]1(c2sc(C(C)c3ccccc3)cc2C(N)=O)CCC(O)[C@H]1C(=O)O. The standard InChI is InChI=1S/C20H22N2O5S/c1-11(13-6-4-3-5-7-13)16-10-14(18(21)25)19(28-16)22(12(2)23)9-8-15(24)17(22)20(26)27/h3-7,10-11,15,17,24H,8-9H2,1-2H3,(H2-,21,25,26,27)/p+1/t11?,15?,17-,22?/m0/s1. The van der Waals surface area contributed by atoms with Gasteiger partial charge in [-0.1, -0.05) is 48.6 Å². The molecule has 1 aliphatic rings. The van der Waals surface area contributed by atoms with E-state index in [9.17, 15) is 24.6 Å². The molecule has 3 unspecified atom stereocenters. The van der Waals surface area contributed by atoms with Gasteiger partial charge in [0.05, 0.1) is 13.5 Å². The average molecular weight is 403 g/mol. The van der Waals surface area contributed by atoms with Crippen LogP contribution in [0, 0.1) is 0 Å². The molecule has 0 saturated carbocycles. The number of carbonyl (C=O) groups excluding carboxylic acids is 2. The maximum absolute atomic E-state index is 12.7. The number of nitrogens with two attached hydrogens (primary N) is 1. The molecule has 28 heavy (non-hydrogen) atoms. The number of primary amides is 1. The van der Waals surface area contributed by atoms with Crippen LogP contribution < -0.4 is 10.2 Å². The number of rotatable bonds is 5. The molecule has 0 bridgehead atoms. The Morgan fingerprint density at radius 1 is 1.25 bits per heavy atom. The smallest absolute Gasteiger partial charge is 0.366 e. The minimum atomic E-state index is -1.37. The summed E-state index contributed by atoms with van der Waals surface area (Å²) in [4.78, 5) is 37.6. The van der Waals surface area contributed by atoms with E-state index in [0.29, 0.717) is 5.00 Å². The second-order valence-corrected chi connectivity index (χ2v) is 8.18. The lowest BCUT2D eigenvalue weighted by molar-refractivity contribution is -0.149. The third-order valence-electron chi connectivity index (χ3n) is 5.52. The predicted molar refractivity (Wildman–Crippen MR) is 106 cm³/mol. The number of quaternary nitrogens is 1. The molecule has 7 nitrogen and oxygen atoms in total. The zero-order valence-electron chi connectivity index (χ0n) is 15.7. The summed E-state index contributed by atoms with van der Waals surface area (Å²) in [5, 5.41) is 20.3. The highest BCUT2D eigenvalue weighted by molar-refractivity contribution is 7.16. The van der Waals surface area contributed by atoms with Crippen LogP contribution in [0.3, 0.4) is 0 Å². The van der Waals surface area contributed by atoms with E-state index < -0.39 is 34.4 Å². The van der Waals surface area contributed by atoms with E-state index in [2.05, 4.69) is 0 Å². The summed E-state index contributed by atoms with van der Waals surface area (Å²) in [6, 6.07) is 9.93. The summed E-state index contributed by atoms with van der Waals surface area (Å²) < 4.78 is -0.596. The second-order valence-electron chi connectivity index (χ2n) is 7.11. The molecule has 2 aromatic rings. The summed E-state index contributed by atoms with van der Waals surface area (Å²) >= 11 is 1.21. The number of likely N-dealkylation sites (tertiary alicyclic amines) is 1. The Morgan fingerprint density at radius 3 is 2.43 bits per heavy atom. The van der Waals surface area contributed by atoms with Crippen molar-refractivity contribution in [1.29, 1.82) is 0 Å². The van der Waals surface area contributed by atoms with Crippen LogP contribution in [-0.2, 0) is 9.59 Å². The average Bonchev–Trinajstić information content (AvgIpc) is 3.24. The van der Waals surface area contributed by atoms with Crippen molar-refractivity contribution < 1.29 is 24.6 Å². The van der Waals surface area contributed by atoms with Crippen LogP contribution in [0.2, 0.25) is 0 Å². The monoisotopic (exact) mass is 403 g/mol. The third kappa shape index (κ3) is 3.13. The predicted octanol–water partition coefficient (Wildman–Crippen LogP) is 2.07. The number of aliphatic hydroxyl groups is 1. The number of amides is 2. The van der Waals surface area contributed by atoms with Crippen LogP contribution in [-0.4, -0.2) is 46.7 Å². The number of carboxylic acid groups (broad SMARTS) is 1. The maximum Gasteiger partial charge on any atom is 0.366 e. The maximum atomic E-state index is 12.7. The van der Waals surface area contributed by atoms with Gasteiger partial charge in [-0.05, 0) is 11.6 Å². The number of thiophene rings is 1. The Bertz CT molecular complexity index is 926. The summed E-state index contributed by atoms with van der Waals surface area (Å²) in [5.74, 6) is -2.50. The number of aliphatic hydroxyl groups excluding tert-OH is 1. The van der Waals surface area contributed by atoms with Crippen molar-refractivity contribution in [3.05, 3.63) is 52.4 Å². The summed E-state index contributed by atoms with van der Waals surface area (Å²) in [6.45, 7) is 3.37. The van der Waals surface area contributed by atoms with Crippen molar-refractivity contribution in [2.24, 2.45) is 5.73 Å². The van der Waals surface area contributed by atoms with Crippen LogP contribution >= 0.6 is 11.3 Å². The topological polar surface area (TPSA) is 118 Å². The van der Waals surface area contributed by atoms with E-state index in [0.717, 1.165) is 10.4 Å². The molecular weight excluding hydrogens is 380 g/mol. The molecule has 0 aliphatic carbocycles. The van der Waals surface area contributed by atoms with Gasteiger partial charge in [0.1, 0.15) is 11.7 Å². The molecule has 0 radical (unpaired) electrons. The van der Waals surface area contributed by atoms with Gasteiger partial charge in [-0.15, -0.1) is 0 Å². The van der Waals surface area contributed by atoms with Gasteiger partial charge in [0.15, 0.2) is 0 Å². The quantitative estimate of drug-likeness (QED) is 0.661. The summed E-state index contributed by atoms with van der Waals surface area (Å²) in [5.41, 5.74) is 6.75. The minimum Gasteiger partial charge on any atom is -0.477 e. The van der Waals surface area contributed by atoms with Gasteiger partial charge in [0.2, 0.25) is 11.0 Å². The lowest BCUT2D eigenvalue weighted by Gasteiger charge is -2.33. The number of benzene rings is 1. The van der Waals surface area contributed by atoms with E-state index >= 15 is 0 Å². The largest absolute Gasteiger partial charge is 0.477 e. The van der Waals surface area contributed by atoms with Gasteiger partial charge in [0.25, 0.3) is 5.91 Å². The van der Waals surface area contributed by atoms with Crippen molar-refractivity contribution in [2.45, 2.75) is 38.3 Å². The molecule has 0 spiro atoms. The first-order valence-corrected chi connectivity index (χ1v) is 9.80. The van der Waals surface area contributed by atoms with Crippen molar-refractivity contribution in [2.75, 3.05) is 6.54 Å². The molecule has 1 saturated heterocycles. The van der Waals surface area contributed by atoms with Crippen LogP contribution in [0.25, 0.3) is 0 Å². The molecule has 148 valence electrons. The van der Waals surface area contributed by atoms with Gasteiger partial charge < -0.3 is 15.9 Å². The zero-order valence-corrected chi connectivity index (χ0v) is 16.5.